The highest BCUT2D eigenvalue weighted by Crippen LogP contribution is 2.21. The molecule has 0 saturated carbocycles. The lowest BCUT2D eigenvalue weighted by Gasteiger charge is -2.02. The van der Waals surface area contributed by atoms with Crippen LogP contribution < -0.4 is 0 Å². The van der Waals surface area contributed by atoms with Crippen LogP contribution in [0.2, 0.25) is 0 Å². The van der Waals surface area contributed by atoms with Crippen LogP contribution in [0.25, 0.3) is 0 Å². The summed E-state index contributed by atoms with van der Waals surface area (Å²) in [7, 11) is 0. The lowest BCUT2D eigenvalue weighted by Crippen LogP contribution is -1.87. The third kappa shape index (κ3) is 1.26. The second-order valence-corrected chi connectivity index (χ2v) is 2.55. The summed E-state index contributed by atoms with van der Waals surface area (Å²) >= 11 is 0. The molecule has 0 saturated heterocycles. The van der Waals surface area contributed by atoms with Gasteiger partial charge in [-0.15, -0.1) is 0 Å². The van der Waals surface area contributed by atoms with Crippen LogP contribution >= 0.6 is 0 Å². The molecule has 1 aromatic heterocycles. The minimum atomic E-state index is -0.0995. The fraction of sp³-hybridized carbons (Fsp3) is 0.375. The van der Waals surface area contributed by atoms with Crippen molar-refractivity contribution in [2.45, 2.75) is 19.8 Å². The van der Waals surface area contributed by atoms with Crippen LogP contribution in [-0.4, -0.2) is 4.98 Å². The van der Waals surface area contributed by atoms with Crippen LogP contribution in [0.4, 0.5) is 0 Å². The molecule has 1 heterocycles. The third-order valence-electron chi connectivity index (χ3n) is 1.42. The Bertz CT molecular complexity index is 220. The van der Waals surface area contributed by atoms with Crippen LogP contribution in [0.3, 0.4) is 0 Å². The standard InChI is InChI=1S/C8H10NO/c1-6(2)7-4-3-5-9-8(7)10/h3-6H,1-2H3. The van der Waals surface area contributed by atoms with E-state index in [0.29, 0.717) is 0 Å². The zero-order chi connectivity index (χ0) is 7.56. The second kappa shape index (κ2) is 2.69. The molecule has 53 valence electrons. The van der Waals surface area contributed by atoms with Crippen LogP contribution in [-0.2, 0) is 5.11 Å². The zero-order valence-electron chi connectivity index (χ0n) is 6.16. The van der Waals surface area contributed by atoms with Gasteiger partial charge in [0.1, 0.15) is 0 Å². The molecule has 10 heavy (non-hydrogen) atoms. The van der Waals surface area contributed by atoms with Gasteiger partial charge in [0.15, 0.2) is 0 Å². The van der Waals surface area contributed by atoms with E-state index < -0.39 is 0 Å². The van der Waals surface area contributed by atoms with Gasteiger partial charge in [-0.2, -0.15) is 0 Å². The average molecular weight is 136 g/mol. The molecule has 2 heteroatoms. The molecule has 0 fully saturated rings. The number of pyridine rings is 1. The van der Waals surface area contributed by atoms with Gasteiger partial charge in [0.25, 0.3) is 5.88 Å². The predicted octanol–water partition coefficient (Wildman–Crippen LogP) is 2.35. The number of nitrogens with zero attached hydrogens (tertiary/aromatic N) is 1. The Morgan fingerprint density at radius 1 is 1.50 bits per heavy atom. The van der Waals surface area contributed by atoms with Crippen molar-refractivity contribution in [2.24, 2.45) is 0 Å². The SMILES string of the molecule is CC(C)c1cccnc1[O]. The number of hydrogen-bond donors (Lipinski definition) is 0. The highest BCUT2D eigenvalue weighted by atomic mass is 16.3. The van der Waals surface area contributed by atoms with Crippen molar-refractivity contribution in [3.63, 3.8) is 0 Å². The van der Waals surface area contributed by atoms with Gasteiger partial charge in [-0.1, -0.05) is 19.9 Å². The summed E-state index contributed by atoms with van der Waals surface area (Å²) in [6.07, 6.45) is 1.52. The molecule has 2 nitrogen and oxygen atoms in total. The Kier molecular flexibility index (Phi) is 1.90. The van der Waals surface area contributed by atoms with Crippen molar-refractivity contribution >= 4 is 0 Å². The summed E-state index contributed by atoms with van der Waals surface area (Å²) in [4.78, 5) is 3.64. The molecular weight excluding hydrogens is 126 g/mol. The molecule has 1 rings (SSSR count). The largest absolute Gasteiger partial charge is 0.273 e. The molecule has 0 aliphatic heterocycles. The molecule has 0 spiro atoms. The van der Waals surface area contributed by atoms with Crippen molar-refractivity contribution in [2.75, 3.05) is 0 Å². The monoisotopic (exact) mass is 136 g/mol. The van der Waals surface area contributed by atoms with Gasteiger partial charge in [-0.3, -0.25) is 5.11 Å². The summed E-state index contributed by atoms with van der Waals surface area (Å²) < 4.78 is 0. The minimum absolute atomic E-state index is 0.0995. The topological polar surface area (TPSA) is 32.8 Å². The molecular formula is C8H10NO. The van der Waals surface area contributed by atoms with Gasteiger partial charge >= 0.3 is 0 Å². The lowest BCUT2D eigenvalue weighted by atomic mass is 10.1. The first-order chi connectivity index (χ1) is 4.72. The van der Waals surface area contributed by atoms with Crippen molar-refractivity contribution in [1.82, 2.24) is 4.98 Å². The Morgan fingerprint density at radius 3 is 2.60 bits per heavy atom. The minimum Gasteiger partial charge on any atom is -0.267 e. The predicted molar refractivity (Wildman–Crippen MR) is 38.5 cm³/mol. The fourth-order valence-corrected chi connectivity index (χ4v) is 0.843. The van der Waals surface area contributed by atoms with E-state index >= 15 is 0 Å². The zero-order valence-corrected chi connectivity index (χ0v) is 6.16. The van der Waals surface area contributed by atoms with Crippen LogP contribution in [0.15, 0.2) is 18.3 Å². The molecule has 0 atom stereocenters. The van der Waals surface area contributed by atoms with Gasteiger partial charge < -0.3 is 0 Å². The Labute approximate surface area is 60.5 Å². The van der Waals surface area contributed by atoms with Crippen molar-refractivity contribution in [1.29, 1.82) is 0 Å². The molecule has 0 aliphatic rings. The molecule has 0 aliphatic carbocycles. The molecule has 0 bridgehead atoms. The smallest absolute Gasteiger partial charge is 0.267 e. The maximum Gasteiger partial charge on any atom is 0.273 e. The van der Waals surface area contributed by atoms with E-state index in [0.717, 1.165) is 5.56 Å². The van der Waals surface area contributed by atoms with Gasteiger partial charge in [-0.25, -0.2) is 4.98 Å². The van der Waals surface area contributed by atoms with Gasteiger partial charge in [0.05, 0.1) is 0 Å². The van der Waals surface area contributed by atoms with Crippen LogP contribution in [0.1, 0.15) is 25.3 Å². The molecule has 0 aromatic carbocycles. The number of rotatable bonds is 1. The highest BCUT2D eigenvalue weighted by Gasteiger charge is 2.05. The third-order valence-corrected chi connectivity index (χ3v) is 1.42. The summed E-state index contributed by atoms with van der Waals surface area (Å²) in [6.45, 7) is 3.97. The van der Waals surface area contributed by atoms with E-state index in [1.54, 1.807) is 6.07 Å². The van der Waals surface area contributed by atoms with E-state index in [1.807, 2.05) is 19.9 Å². The van der Waals surface area contributed by atoms with E-state index in [2.05, 4.69) is 4.98 Å². The Hall–Kier alpha value is -1.05. The molecule has 1 aromatic rings. The summed E-state index contributed by atoms with van der Waals surface area (Å²) in [6, 6.07) is 3.61. The molecule has 0 amide bonds. The van der Waals surface area contributed by atoms with E-state index in [1.165, 1.54) is 6.20 Å². The molecule has 1 radical (unpaired) electrons. The number of aromatic nitrogens is 1. The number of hydrogen-bond acceptors (Lipinski definition) is 1. The van der Waals surface area contributed by atoms with Crippen molar-refractivity contribution in [3.05, 3.63) is 23.9 Å². The molecule has 0 unspecified atom stereocenters. The van der Waals surface area contributed by atoms with Crippen molar-refractivity contribution < 1.29 is 5.11 Å². The Balaban J connectivity index is 3.03. The van der Waals surface area contributed by atoms with Gasteiger partial charge in [0, 0.05) is 11.8 Å². The normalized spacial score (nSPS) is 10.3. The fourth-order valence-electron chi connectivity index (χ4n) is 0.843. The van der Waals surface area contributed by atoms with Crippen LogP contribution in [0.5, 0.6) is 5.88 Å². The summed E-state index contributed by atoms with van der Waals surface area (Å²) in [5, 5.41) is 10.9. The van der Waals surface area contributed by atoms with Crippen molar-refractivity contribution in [3.8, 4) is 5.88 Å². The second-order valence-electron chi connectivity index (χ2n) is 2.55. The maximum absolute atomic E-state index is 10.9. The Morgan fingerprint density at radius 2 is 2.20 bits per heavy atom. The average Bonchev–Trinajstić information content (AvgIpc) is 1.88. The quantitative estimate of drug-likeness (QED) is 0.583. The van der Waals surface area contributed by atoms with E-state index in [4.69, 9.17) is 0 Å². The van der Waals surface area contributed by atoms with Gasteiger partial charge in [0.2, 0.25) is 0 Å². The first-order valence-electron chi connectivity index (χ1n) is 3.33. The lowest BCUT2D eigenvalue weighted by molar-refractivity contribution is 0.330. The first-order valence-corrected chi connectivity index (χ1v) is 3.33. The van der Waals surface area contributed by atoms with Gasteiger partial charge in [-0.05, 0) is 12.0 Å². The van der Waals surface area contributed by atoms with E-state index in [-0.39, 0.29) is 11.8 Å². The van der Waals surface area contributed by atoms with E-state index in [9.17, 15) is 5.11 Å². The van der Waals surface area contributed by atoms with Crippen LogP contribution in [0, 0.1) is 0 Å². The summed E-state index contributed by atoms with van der Waals surface area (Å²) in [5.41, 5.74) is 0.794. The molecule has 0 N–H and O–H groups in total. The maximum atomic E-state index is 10.9. The first kappa shape index (κ1) is 7.06. The highest BCUT2D eigenvalue weighted by molar-refractivity contribution is 5.26. The summed E-state index contributed by atoms with van der Waals surface area (Å²) in [5.74, 6) is 0.179.